The lowest BCUT2D eigenvalue weighted by Crippen LogP contribution is -2.18. The SMILES string of the molecule is CC(C)(C)c1nc(-c2cc(CCC(F)(F)F)c(-c3c(F)cccc3Cl)cc2F)cn1C1CC1. The molecule has 8 heteroatoms. The molecule has 1 heterocycles. The molecule has 0 N–H and O–H groups in total. The third kappa shape index (κ3) is 5.08. The van der Waals surface area contributed by atoms with Gasteiger partial charge in [-0.3, -0.25) is 0 Å². The summed E-state index contributed by atoms with van der Waals surface area (Å²) in [4.78, 5) is 4.66. The summed E-state index contributed by atoms with van der Waals surface area (Å²) in [6.07, 6.45) is -2.21. The van der Waals surface area contributed by atoms with Crippen LogP contribution in [0.2, 0.25) is 5.02 Å². The molecule has 0 saturated heterocycles. The number of aromatic nitrogens is 2. The van der Waals surface area contributed by atoms with E-state index in [1.165, 1.54) is 18.2 Å². The van der Waals surface area contributed by atoms with Crippen molar-refractivity contribution in [3.63, 3.8) is 0 Å². The van der Waals surface area contributed by atoms with Gasteiger partial charge in [0, 0.05) is 35.2 Å². The second kappa shape index (κ2) is 8.42. The zero-order chi connectivity index (χ0) is 24.1. The molecule has 2 nitrogen and oxygen atoms in total. The normalized spacial score (nSPS) is 14.7. The van der Waals surface area contributed by atoms with Crippen molar-refractivity contribution < 1.29 is 22.0 Å². The molecule has 1 aromatic heterocycles. The molecule has 0 unspecified atom stereocenters. The Labute approximate surface area is 194 Å². The minimum Gasteiger partial charge on any atom is -0.331 e. The number of nitrogens with zero attached hydrogens (tertiary/aromatic N) is 2. The predicted octanol–water partition coefficient (Wildman–Crippen LogP) is 8.28. The van der Waals surface area contributed by atoms with Gasteiger partial charge in [0.15, 0.2) is 0 Å². The molecule has 176 valence electrons. The molecular formula is C25H24ClF5N2. The smallest absolute Gasteiger partial charge is 0.331 e. The molecule has 1 saturated carbocycles. The third-order valence-electron chi connectivity index (χ3n) is 5.72. The minimum atomic E-state index is -4.42. The van der Waals surface area contributed by atoms with Gasteiger partial charge in [-0.15, -0.1) is 0 Å². The highest BCUT2D eigenvalue weighted by Crippen LogP contribution is 2.42. The van der Waals surface area contributed by atoms with Gasteiger partial charge in [-0.2, -0.15) is 13.2 Å². The summed E-state index contributed by atoms with van der Waals surface area (Å²) in [5, 5.41) is 0.00318. The molecule has 0 bridgehead atoms. The van der Waals surface area contributed by atoms with Crippen molar-refractivity contribution >= 4 is 11.6 Å². The highest BCUT2D eigenvalue weighted by molar-refractivity contribution is 6.33. The Morgan fingerprint density at radius 1 is 1.03 bits per heavy atom. The molecule has 0 radical (unpaired) electrons. The van der Waals surface area contributed by atoms with Gasteiger partial charge in [-0.05, 0) is 54.7 Å². The van der Waals surface area contributed by atoms with Gasteiger partial charge in [-0.1, -0.05) is 38.4 Å². The summed E-state index contributed by atoms with van der Waals surface area (Å²) in [7, 11) is 0. The number of halogens is 6. The first-order chi connectivity index (χ1) is 15.3. The van der Waals surface area contributed by atoms with Crippen molar-refractivity contribution in [1.29, 1.82) is 0 Å². The minimum absolute atomic E-state index is 0.00318. The molecule has 33 heavy (non-hydrogen) atoms. The van der Waals surface area contributed by atoms with Crippen molar-refractivity contribution in [2.24, 2.45) is 0 Å². The number of rotatable bonds is 5. The lowest BCUT2D eigenvalue weighted by molar-refractivity contribution is -0.133. The van der Waals surface area contributed by atoms with E-state index in [4.69, 9.17) is 11.6 Å². The highest BCUT2D eigenvalue weighted by atomic mass is 35.5. The van der Waals surface area contributed by atoms with Crippen LogP contribution in [-0.2, 0) is 11.8 Å². The fraction of sp³-hybridized carbons (Fsp3) is 0.400. The van der Waals surface area contributed by atoms with Crippen LogP contribution in [-0.4, -0.2) is 15.7 Å². The number of imidazole rings is 1. The van der Waals surface area contributed by atoms with Gasteiger partial charge in [0.05, 0.1) is 10.7 Å². The van der Waals surface area contributed by atoms with Crippen molar-refractivity contribution in [1.82, 2.24) is 9.55 Å². The summed E-state index contributed by atoms with van der Waals surface area (Å²) >= 11 is 6.15. The lowest BCUT2D eigenvalue weighted by atomic mass is 9.93. The van der Waals surface area contributed by atoms with Crippen molar-refractivity contribution in [2.45, 2.75) is 64.1 Å². The standard InChI is InChI=1S/C25H24ClF5N2/c1-24(2,3)23-32-21(13-33(23)15-7-8-15)17-11-14(9-10-25(29,30)31)16(12-20(17)28)22-18(26)5-4-6-19(22)27/h4-6,11-13,15H,7-10H2,1-3H3. The fourth-order valence-corrected chi connectivity index (χ4v) is 4.26. The molecule has 2 aromatic carbocycles. The van der Waals surface area contributed by atoms with E-state index in [2.05, 4.69) is 4.98 Å². The molecule has 0 spiro atoms. The average molecular weight is 483 g/mol. The molecule has 1 fully saturated rings. The van der Waals surface area contributed by atoms with E-state index in [9.17, 15) is 17.6 Å². The van der Waals surface area contributed by atoms with Crippen LogP contribution in [0.1, 0.15) is 57.5 Å². The van der Waals surface area contributed by atoms with Crippen molar-refractivity contribution in [3.8, 4) is 22.4 Å². The molecule has 3 aromatic rings. The molecule has 0 atom stereocenters. The van der Waals surface area contributed by atoms with Crippen molar-refractivity contribution in [2.75, 3.05) is 0 Å². The van der Waals surface area contributed by atoms with E-state index >= 15 is 4.39 Å². The van der Waals surface area contributed by atoms with Crippen LogP contribution < -0.4 is 0 Å². The summed E-state index contributed by atoms with van der Waals surface area (Å²) < 4.78 is 71.1. The van der Waals surface area contributed by atoms with Gasteiger partial charge in [0.2, 0.25) is 0 Å². The van der Waals surface area contributed by atoms with Crippen LogP contribution in [0, 0.1) is 11.6 Å². The lowest BCUT2D eigenvalue weighted by Gasteiger charge is -2.19. The van der Waals surface area contributed by atoms with E-state index in [-0.39, 0.29) is 32.7 Å². The van der Waals surface area contributed by atoms with E-state index in [0.29, 0.717) is 11.7 Å². The molecule has 1 aliphatic carbocycles. The first-order valence-corrected chi connectivity index (χ1v) is 11.2. The zero-order valence-electron chi connectivity index (χ0n) is 18.5. The Balaban J connectivity index is 1.88. The number of aryl methyl sites for hydroxylation is 1. The Morgan fingerprint density at radius 2 is 1.73 bits per heavy atom. The van der Waals surface area contributed by atoms with Crippen LogP contribution in [0.5, 0.6) is 0 Å². The summed E-state index contributed by atoms with van der Waals surface area (Å²) in [5.74, 6) is -0.630. The van der Waals surface area contributed by atoms with Gasteiger partial charge >= 0.3 is 6.18 Å². The van der Waals surface area contributed by atoms with Crippen LogP contribution in [0.4, 0.5) is 22.0 Å². The molecule has 0 amide bonds. The second-order valence-electron chi connectivity index (χ2n) is 9.54. The fourth-order valence-electron chi connectivity index (χ4n) is 3.99. The maximum atomic E-state index is 15.4. The first kappa shape index (κ1) is 23.7. The largest absolute Gasteiger partial charge is 0.389 e. The van der Waals surface area contributed by atoms with Gasteiger partial charge < -0.3 is 4.57 Å². The highest BCUT2D eigenvalue weighted by Gasteiger charge is 2.32. The number of hydrogen-bond acceptors (Lipinski definition) is 1. The number of benzene rings is 2. The van der Waals surface area contributed by atoms with E-state index in [1.54, 1.807) is 6.20 Å². The number of alkyl halides is 3. The van der Waals surface area contributed by atoms with Crippen LogP contribution in [0.15, 0.2) is 36.5 Å². The average Bonchev–Trinajstić information content (AvgIpc) is 3.44. The van der Waals surface area contributed by atoms with E-state index < -0.39 is 30.7 Å². The Hall–Kier alpha value is -2.41. The quantitative estimate of drug-likeness (QED) is 0.334. The monoisotopic (exact) mass is 482 g/mol. The van der Waals surface area contributed by atoms with E-state index in [0.717, 1.165) is 30.8 Å². The van der Waals surface area contributed by atoms with Gasteiger partial charge in [-0.25, -0.2) is 13.8 Å². The van der Waals surface area contributed by atoms with Crippen LogP contribution in [0.3, 0.4) is 0 Å². The Bertz CT molecular complexity index is 1170. The van der Waals surface area contributed by atoms with Gasteiger partial charge in [0.25, 0.3) is 0 Å². The maximum absolute atomic E-state index is 15.4. The summed E-state index contributed by atoms with van der Waals surface area (Å²) in [6.45, 7) is 6.02. The molecule has 0 aliphatic heterocycles. The van der Waals surface area contributed by atoms with E-state index in [1.807, 2.05) is 25.3 Å². The maximum Gasteiger partial charge on any atom is 0.389 e. The van der Waals surface area contributed by atoms with Crippen molar-refractivity contribution in [3.05, 3.63) is 64.6 Å². The third-order valence-corrected chi connectivity index (χ3v) is 6.04. The topological polar surface area (TPSA) is 17.8 Å². The molecular weight excluding hydrogens is 459 g/mol. The zero-order valence-corrected chi connectivity index (χ0v) is 19.3. The second-order valence-corrected chi connectivity index (χ2v) is 9.95. The first-order valence-electron chi connectivity index (χ1n) is 10.8. The van der Waals surface area contributed by atoms with Crippen LogP contribution >= 0.6 is 11.6 Å². The predicted molar refractivity (Wildman–Crippen MR) is 119 cm³/mol. The Morgan fingerprint density at radius 3 is 2.30 bits per heavy atom. The Kier molecular flexibility index (Phi) is 6.06. The number of hydrogen-bond donors (Lipinski definition) is 0. The molecule has 4 rings (SSSR count). The molecule has 1 aliphatic rings. The summed E-state index contributed by atoms with van der Waals surface area (Å²) in [5.41, 5.74) is 0.213. The summed E-state index contributed by atoms with van der Waals surface area (Å²) in [6, 6.07) is 6.67. The van der Waals surface area contributed by atoms with Gasteiger partial charge in [0.1, 0.15) is 17.5 Å². The van der Waals surface area contributed by atoms with Crippen LogP contribution in [0.25, 0.3) is 22.4 Å².